The monoisotopic (exact) mass is 285 g/mol. The second-order valence-electron chi connectivity index (χ2n) is 4.13. The molecule has 0 fully saturated rings. The molecule has 8 heteroatoms. The van der Waals surface area contributed by atoms with E-state index in [4.69, 9.17) is 11.6 Å². The molecule has 0 spiro atoms. The van der Waals surface area contributed by atoms with Crippen LogP contribution in [-0.4, -0.2) is 34.4 Å². The quantitative estimate of drug-likeness (QED) is 0.801. The molecule has 1 aromatic heterocycles. The molecule has 0 aliphatic heterocycles. The van der Waals surface area contributed by atoms with Crippen LogP contribution in [0.1, 0.15) is 5.56 Å². The van der Waals surface area contributed by atoms with Crippen molar-refractivity contribution >= 4 is 23.5 Å². The van der Waals surface area contributed by atoms with E-state index in [0.29, 0.717) is 17.5 Å². The number of phenols is 1. The molecule has 1 heterocycles. The maximum absolute atomic E-state index is 13.3. The molecule has 0 amide bonds. The molecule has 2 rings (SSSR count). The summed E-state index contributed by atoms with van der Waals surface area (Å²) in [5, 5.41) is 19.3. The highest BCUT2D eigenvalue weighted by Crippen LogP contribution is 2.26. The molecule has 0 unspecified atom stereocenters. The van der Waals surface area contributed by atoms with Crippen LogP contribution in [0.15, 0.2) is 12.1 Å². The highest BCUT2D eigenvalue weighted by atomic mass is 35.5. The van der Waals surface area contributed by atoms with Crippen molar-refractivity contribution in [2.24, 2.45) is 0 Å². The van der Waals surface area contributed by atoms with E-state index in [1.54, 1.807) is 4.90 Å². The zero-order valence-corrected chi connectivity index (χ0v) is 11.2. The Morgan fingerprint density at radius 1 is 1.47 bits per heavy atom. The molecule has 0 atom stereocenters. The number of H-pyrrole nitrogens is 1. The number of hydrogen-bond acceptors (Lipinski definition) is 5. The van der Waals surface area contributed by atoms with Crippen LogP contribution in [0.3, 0.4) is 0 Å². The summed E-state index contributed by atoms with van der Waals surface area (Å²) in [6.07, 6.45) is 0. The van der Waals surface area contributed by atoms with Gasteiger partial charge in [-0.3, -0.25) is 0 Å². The molecule has 3 N–H and O–H groups in total. The Labute approximate surface area is 114 Å². The number of anilines is 2. The van der Waals surface area contributed by atoms with Crippen LogP contribution in [0, 0.1) is 5.82 Å². The van der Waals surface area contributed by atoms with Gasteiger partial charge in [0, 0.05) is 31.2 Å². The molecular formula is C11H13ClFN5O. The van der Waals surface area contributed by atoms with Gasteiger partial charge in [0.1, 0.15) is 0 Å². The van der Waals surface area contributed by atoms with Crippen molar-refractivity contribution in [3.8, 4) is 5.75 Å². The number of aromatic nitrogens is 3. The maximum atomic E-state index is 13.3. The molecule has 0 radical (unpaired) electrons. The average Bonchev–Trinajstić information content (AvgIpc) is 2.81. The number of aromatic amines is 1. The topological polar surface area (TPSA) is 77.1 Å². The molecule has 1 aromatic carbocycles. The maximum Gasteiger partial charge on any atom is 0.245 e. The molecule has 0 aliphatic carbocycles. The van der Waals surface area contributed by atoms with E-state index in [-0.39, 0.29) is 11.6 Å². The first-order chi connectivity index (χ1) is 8.97. The van der Waals surface area contributed by atoms with Crippen LogP contribution in [0.25, 0.3) is 0 Å². The fourth-order valence-electron chi connectivity index (χ4n) is 1.46. The average molecular weight is 286 g/mol. The normalized spacial score (nSPS) is 10.5. The highest BCUT2D eigenvalue weighted by molar-refractivity contribution is 6.30. The van der Waals surface area contributed by atoms with Gasteiger partial charge in [-0.2, -0.15) is 4.98 Å². The fourth-order valence-corrected chi connectivity index (χ4v) is 1.69. The van der Waals surface area contributed by atoms with E-state index < -0.39 is 11.6 Å². The van der Waals surface area contributed by atoms with E-state index in [9.17, 15) is 9.50 Å². The van der Waals surface area contributed by atoms with E-state index in [1.165, 1.54) is 6.07 Å². The zero-order valence-electron chi connectivity index (χ0n) is 10.4. The third kappa shape index (κ3) is 3.05. The van der Waals surface area contributed by atoms with Gasteiger partial charge in [-0.05, 0) is 12.1 Å². The number of hydrogen-bond donors (Lipinski definition) is 3. The van der Waals surface area contributed by atoms with Gasteiger partial charge in [0.05, 0.1) is 0 Å². The summed E-state index contributed by atoms with van der Waals surface area (Å²) in [6, 6.07) is 2.54. The first kappa shape index (κ1) is 13.4. The van der Waals surface area contributed by atoms with Crippen molar-refractivity contribution in [1.82, 2.24) is 15.2 Å². The van der Waals surface area contributed by atoms with Gasteiger partial charge in [0.25, 0.3) is 0 Å². The van der Waals surface area contributed by atoms with Gasteiger partial charge in [0.2, 0.25) is 11.9 Å². The Balaban J connectivity index is 2.10. The number of halogens is 2. The first-order valence-corrected chi connectivity index (χ1v) is 5.85. The lowest BCUT2D eigenvalue weighted by atomic mass is 10.2. The van der Waals surface area contributed by atoms with Gasteiger partial charge in [-0.1, -0.05) is 11.6 Å². The van der Waals surface area contributed by atoms with E-state index in [1.807, 2.05) is 14.1 Å². The van der Waals surface area contributed by atoms with Gasteiger partial charge in [-0.15, -0.1) is 5.10 Å². The standard InChI is InChI=1S/C11H13ClFN5O/c1-18(2)11-15-10(16-17-11)14-5-6-3-7(12)4-8(13)9(6)19/h3-4,19H,5H2,1-2H3,(H2,14,15,16,17). The summed E-state index contributed by atoms with van der Waals surface area (Å²) < 4.78 is 13.3. The van der Waals surface area contributed by atoms with Gasteiger partial charge in [-0.25, -0.2) is 9.49 Å². The lowest BCUT2D eigenvalue weighted by Crippen LogP contribution is -2.10. The van der Waals surface area contributed by atoms with Gasteiger partial charge < -0.3 is 15.3 Å². The largest absolute Gasteiger partial charge is 0.505 e. The molecule has 0 saturated carbocycles. The SMILES string of the molecule is CN(C)c1n[nH]c(NCc2cc(Cl)cc(F)c2O)n1. The van der Waals surface area contributed by atoms with Crippen molar-refractivity contribution in [3.63, 3.8) is 0 Å². The van der Waals surface area contributed by atoms with Crippen LogP contribution >= 0.6 is 11.6 Å². The second kappa shape index (κ2) is 5.31. The van der Waals surface area contributed by atoms with Crippen LogP contribution in [0.4, 0.5) is 16.3 Å². The fraction of sp³-hybridized carbons (Fsp3) is 0.273. The highest BCUT2D eigenvalue weighted by Gasteiger charge is 2.10. The van der Waals surface area contributed by atoms with Gasteiger partial charge in [0.15, 0.2) is 11.6 Å². The molecular weight excluding hydrogens is 273 g/mol. The minimum absolute atomic E-state index is 0.172. The summed E-state index contributed by atoms with van der Waals surface area (Å²) in [6.45, 7) is 0.172. The lowest BCUT2D eigenvalue weighted by Gasteiger charge is -2.07. The Hall–Kier alpha value is -2.02. The van der Waals surface area contributed by atoms with Crippen LogP contribution in [0.5, 0.6) is 5.75 Å². The van der Waals surface area contributed by atoms with E-state index in [2.05, 4.69) is 20.5 Å². The molecule has 0 bridgehead atoms. The molecule has 6 nitrogen and oxygen atoms in total. The van der Waals surface area contributed by atoms with Gasteiger partial charge >= 0.3 is 0 Å². The number of phenolic OH excluding ortho intramolecular Hbond substituents is 1. The number of benzene rings is 1. The van der Waals surface area contributed by atoms with Crippen molar-refractivity contribution < 1.29 is 9.50 Å². The van der Waals surface area contributed by atoms with E-state index in [0.717, 1.165) is 6.07 Å². The number of aromatic hydroxyl groups is 1. The first-order valence-electron chi connectivity index (χ1n) is 5.48. The van der Waals surface area contributed by atoms with Crippen molar-refractivity contribution in [3.05, 3.63) is 28.5 Å². The second-order valence-corrected chi connectivity index (χ2v) is 4.56. The smallest absolute Gasteiger partial charge is 0.245 e. The minimum Gasteiger partial charge on any atom is -0.505 e. The number of nitrogens with one attached hydrogen (secondary N) is 2. The Bertz CT molecular complexity index is 586. The summed E-state index contributed by atoms with van der Waals surface area (Å²) in [5.41, 5.74) is 0.341. The Morgan fingerprint density at radius 3 is 2.84 bits per heavy atom. The van der Waals surface area contributed by atoms with Crippen molar-refractivity contribution in [2.75, 3.05) is 24.3 Å². The predicted molar refractivity (Wildman–Crippen MR) is 71.1 cm³/mol. The lowest BCUT2D eigenvalue weighted by molar-refractivity contribution is 0.427. The predicted octanol–water partition coefficient (Wildman–Crippen LogP) is 1.98. The summed E-state index contributed by atoms with van der Waals surface area (Å²) >= 11 is 5.73. The molecule has 102 valence electrons. The zero-order chi connectivity index (χ0) is 14.0. The summed E-state index contributed by atoms with van der Waals surface area (Å²) in [7, 11) is 3.62. The number of nitrogens with zero attached hydrogens (tertiary/aromatic N) is 3. The molecule has 2 aromatic rings. The molecule has 0 aliphatic rings. The molecule has 19 heavy (non-hydrogen) atoms. The Kier molecular flexibility index (Phi) is 3.75. The summed E-state index contributed by atoms with van der Waals surface area (Å²) in [5.74, 6) is -0.243. The van der Waals surface area contributed by atoms with Crippen molar-refractivity contribution in [2.45, 2.75) is 6.54 Å². The van der Waals surface area contributed by atoms with Crippen LogP contribution in [-0.2, 0) is 6.54 Å². The summed E-state index contributed by atoms with van der Waals surface area (Å²) in [4.78, 5) is 5.87. The molecule has 0 saturated heterocycles. The number of rotatable bonds is 4. The van der Waals surface area contributed by atoms with E-state index >= 15 is 0 Å². The van der Waals surface area contributed by atoms with Crippen LogP contribution < -0.4 is 10.2 Å². The third-order valence-corrected chi connectivity index (χ3v) is 2.65. The Morgan fingerprint density at radius 2 is 2.21 bits per heavy atom. The van der Waals surface area contributed by atoms with Crippen LogP contribution in [0.2, 0.25) is 5.02 Å². The minimum atomic E-state index is -0.754. The van der Waals surface area contributed by atoms with Crippen molar-refractivity contribution in [1.29, 1.82) is 0 Å². The third-order valence-electron chi connectivity index (χ3n) is 2.43.